The molecule has 7 nitrogen and oxygen atoms in total. The normalized spacial score (nSPS) is 12.9. The Kier molecular flexibility index (Phi) is 6.16. The van der Waals surface area contributed by atoms with Crippen LogP contribution in [0.1, 0.15) is 22.3 Å². The van der Waals surface area contributed by atoms with Crippen molar-refractivity contribution in [2.45, 2.75) is 12.8 Å². The van der Waals surface area contributed by atoms with E-state index in [-0.39, 0.29) is 18.4 Å². The van der Waals surface area contributed by atoms with E-state index in [4.69, 9.17) is 14.2 Å². The predicted molar refractivity (Wildman–Crippen MR) is 106 cm³/mol. The number of methoxy groups -OCH3 is 3. The van der Waals surface area contributed by atoms with Crippen molar-refractivity contribution in [2.24, 2.45) is 0 Å². The van der Waals surface area contributed by atoms with Crippen LogP contribution in [0, 0.1) is 0 Å². The molecule has 0 aromatic heterocycles. The first-order valence-corrected chi connectivity index (χ1v) is 9.03. The molecule has 0 bridgehead atoms. The van der Waals surface area contributed by atoms with E-state index in [9.17, 15) is 9.59 Å². The molecule has 0 saturated heterocycles. The zero-order valence-corrected chi connectivity index (χ0v) is 16.3. The number of rotatable bonds is 6. The van der Waals surface area contributed by atoms with Gasteiger partial charge in [-0.15, -0.1) is 0 Å². The maximum absolute atomic E-state index is 12.8. The number of hydrogen-bond donors (Lipinski definition) is 1. The minimum Gasteiger partial charge on any atom is -0.496 e. The van der Waals surface area contributed by atoms with Gasteiger partial charge in [0.15, 0.2) is 0 Å². The molecule has 1 N–H and O–H groups in total. The van der Waals surface area contributed by atoms with Gasteiger partial charge >= 0.3 is 0 Å². The number of benzene rings is 2. The van der Waals surface area contributed by atoms with Crippen molar-refractivity contribution in [1.29, 1.82) is 0 Å². The summed E-state index contributed by atoms with van der Waals surface area (Å²) >= 11 is 0. The zero-order valence-electron chi connectivity index (χ0n) is 16.3. The Morgan fingerprint density at radius 3 is 2.43 bits per heavy atom. The fraction of sp³-hybridized carbons (Fsp3) is 0.333. The number of nitrogens with zero attached hydrogens (tertiary/aromatic N) is 1. The largest absolute Gasteiger partial charge is 0.496 e. The monoisotopic (exact) mass is 384 g/mol. The standard InChI is InChI=1S/C21H24N2O5/c1-26-13-19(24)23-11-5-6-14-12-15(9-10-16(14)23)22-21(25)20-17(27-2)7-4-8-18(20)28-3/h4,7-10,12H,5-6,11,13H2,1-3H3,(H,22,25). The average Bonchev–Trinajstić information content (AvgIpc) is 2.72. The van der Waals surface area contributed by atoms with Gasteiger partial charge in [-0.05, 0) is 48.7 Å². The lowest BCUT2D eigenvalue weighted by molar-refractivity contribution is -0.122. The summed E-state index contributed by atoms with van der Waals surface area (Å²) in [6, 6.07) is 10.7. The SMILES string of the molecule is COCC(=O)N1CCCc2cc(NC(=O)c3c(OC)cccc3OC)ccc21. The van der Waals surface area contributed by atoms with Gasteiger partial charge in [0, 0.05) is 25.0 Å². The number of anilines is 2. The smallest absolute Gasteiger partial charge is 0.263 e. The molecule has 0 unspecified atom stereocenters. The summed E-state index contributed by atoms with van der Waals surface area (Å²) in [5.41, 5.74) is 2.86. The second-order valence-electron chi connectivity index (χ2n) is 6.42. The van der Waals surface area contributed by atoms with Gasteiger partial charge in [0.25, 0.3) is 11.8 Å². The van der Waals surface area contributed by atoms with E-state index in [1.54, 1.807) is 29.2 Å². The molecule has 148 valence electrons. The van der Waals surface area contributed by atoms with E-state index in [0.29, 0.717) is 29.3 Å². The fourth-order valence-electron chi connectivity index (χ4n) is 3.40. The van der Waals surface area contributed by atoms with E-state index in [2.05, 4.69) is 5.32 Å². The van der Waals surface area contributed by atoms with Crippen LogP contribution in [0.3, 0.4) is 0 Å². The minimum absolute atomic E-state index is 0.0471. The molecule has 0 radical (unpaired) electrons. The third-order valence-electron chi connectivity index (χ3n) is 4.68. The number of fused-ring (bicyclic) bond motifs is 1. The third-order valence-corrected chi connectivity index (χ3v) is 4.68. The van der Waals surface area contributed by atoms with Gasteiger partial charge in [-0.2, -0.15) is 0 Å². The van der Waals surface area contributed by atoms with Crippen molar-refractivity contribution in [3.05, 3.63) is 47.5 Å². The van der Waals surface area contributed by atoms with Crippen LogP contribution in [-0.4, -0.2) is 46.3 Å². The second kappa shape index (κ2) is 8.75. The van der Waals surface area contributed by atoms with E-state index in [1.807, 2.05) is 12.1 Å². The highest BCUT2D eigenvalue weighted by atomic mass is 16.5. The lowest BCUT2D eigenvalue weighted by atomic mass is 10.0. The second-order valence-corrected chi connectivity index (χ2v) is 6.42. The highest BCUT2D eigenvalue weighted by molar-refractivity contribution is 6.08. The zero-order chi connectivity index (χ0) is 20.1. The first-order valence-electron chi connectivity index (χ1n) is 9.03. The Morgan fingerprint density at radius 1 is 1.07 bits per heavy atom. The fourth-order valence-corrected chi connectivity index (χ4v) is 3.40. The molecule has 28 heavy (non-hydrogen) atoms. The Hall–Kier alpha value is -3.06. The Morgan fingerprint density at radius 2 is 1.79 bits per heavy atom. The molecule has 0 aliphatic carbocycles. The van der Waals surface area contributed by atoms with Gasteiger partial charge < -0.3 is 24.4 Å². The predicted octanol–water partition coefficient (Wildman–Crippen LogP) is 2.88. The summed E-state index contributed by atoms with van der Waals surface area (Å²) in [7, 11) is 4.53. The van der Waals surface area contributed by atoms with Gasteiger partial charge in [0.05, 0.1) is 14.2 Å². The quantitative estimate of drug-likeness (QED) is 0.829. The molecule has 1 aliphatic rings. The Bertz CT molecular complexity index is 859. The van der Waals surface area contributed by atoms with Crippen LogP contribution in [0.2, 0.25) is 0 Å². The Labute approximate surface area is 164 Å². The van der Waals surface area contributed by atoms with Crippen molar-refractivity contribution in [3.8, 4) is 11.5 Å². The molecule has 0 saturated carbocycles. The molecule has 1 heterocycles. The summed E-state index contributed by atoms with van der Waals surface area (Å²) in [5, 5.41) is 2.90. The molecule has 2 aromatic rings. The number of aryl methyl sites for hydroxylation is 1. The third kappa shape index (κ3) is 3.94. The number of carbonyl (C=O) groups is 2. The molecule has 0 atom stereocenters. The van der Waals surface area contributed by atoms with Crippen LogP contribution in [-0.2, 0) is 16.0 Å². The van der Waals surface area contributed by atoms with Crippen LogP contribution in [0.15, 0.2) is 36.4 Å². The Balaban J connectivity index is 1.85. The minimum atomic E-state index is -0.322. The van der Waals surface area contributed by atoms with Gasteiger partial charge in [-0.25, -0.2) is 0 Å². The topological polar surface area (TPSA) is 77.1 Å². The average molecular weight is 384 g/mol. The van der Waals surface area contributed by atoms with Crippen LogP contribution in [0.4, 0.5) is 11.4 Å². The molecule has 2 aromatic carbocycles. The summed E-state index contributed by atoms with van der Waals surface area (Å²) in [4.78, 5) is 26.8. The molecule has 3 rings (SSSR count). The van der Waals surface area contributed by atoms with Gasteiger partial charge in [0.2, 0.25) is 0 Å². The number of amides is 2. The van der Waals surface area contributed by atoms with Crippen molar-refractivity contribution in [1.82, 2.24) is 0 Å². The molecule has 1 aliphatic heterocycles. The van der Waals surface area contributed by atoms with Crippen molar-refractivity contribution in [3.63, 3.8) is 0 Å². The maximum Gasteiger partial charge on any atom is 0.263 e. The number of hydrogen-bond acceptors (Lipinski definition) is 5. The van der Waals surface area contributed by atoms with E-state index < -0.39 is 0 Å². The maximum atomic E-state index is 12.8. The van der Waals surface area contributed by atoms with Crippen LogP contribution in [0.5, 0.6) is 11.5 Å². The molecule has 7 heteroatoms. The lowest BCUT2D eigenvalue weighted by Crippen LogP contribution is -2.37. The number of ether oxygens (including phenoxy) is 3. The molecule has 0 spiro atoms. The van der Waals surface area contributed by atoms with Gasteiger partial charge in [0.1, 0.15) is 23.7 Å². The molecule has 2 amide bonds. The highest BCUT2D eigenvalue weighted by Gasteiger charge is 2.23. The number of nitrogens with one attached hydrogen (secondary N) is 1. The molecular formula is C21H24N2O5. The van der Waals surface area contributed by atoms with E-state index in [0.717, 1.165) is 24.1 Å². The first kappa shape index (κ1) is 19.7. The lowest BCUT2D eigenvalue weighted by Gasteiger charge is -2.29. The van der Waals surface area contributed by atoms with Crippen LogP contribution < -0.4 is 19.7 Å². The van der Waals surface area contributed by atoms with E-state index in [1.165, 1.54) is 21.3 Å². The van der Waals surface area contributed by atoms with Crippen molar-refractivity contribution in [2.75, 3.05) is 44.7 Å². The van der Waals surface area contributed by atoms with Crippen LogP contribution >= 0.6 is 0 Å². The number of carbonyl (C=O) groups excluding carboxylic acids is 2. The van der Waals surface area contributed by atoms with Crippen LogP contribution in [0.25, 0.3) is 0 Å². The highest BCUT2D eigenvalue weighted by Crippen LogP contribution is 2.32. The van der Waals surface area contributed by atoms with Crippen molar-refractivity contribution < 1.29 is 23.8 Å². The first-order chi connectivity index (χ1) is 13.6. The molecular weight excluding hydrogens is 360 g/mol. The molecule has 0 fully saturated rings. The summed E-state index contributed by atoms with van der Waals surface area (Å²) in [6.07, 6.45) is 1.70. The summed E-state index contributed by atoms with van der Waals surface area (Å²) in [6.45, 7) is 0.713. The summed E-state index contributed by atoms with van der Waals surface area (Å²) < 4.78 is 15.6. The van der Waals surface area contributed by atoms with E-state index >= 15 is 0 Å². The van der Waals surface area contributed by atoms with Crippen molar-refractivity contribution >= 4 is 23.2 Å². The van der Waals surface area contributed by atoms with Gasteiger partial charge in [-0.3, -0.25) is 9.59 Å². The van der Waals surface area contributed by atoms with Gasteiger partial charge in [-0.1, -0.05) is 6.07 Å². The summed E-state index contributed by atoms with van der Waals surface area (Å²) in [5.74, 6) is 0.480.